The van der Waals surface area contributed by atoms with Crippen molar-refractivity contribution >= 4 is 122 Å². The summed E-state index contributed by atoms with van der Waals surface area (Å²) < 4.78 is 4.36. The lowest BCUT2D eigenvalue weighted by atomic mass is 9.96. The molecule has 1 fully saturated rings. The van der Waals surface area contributed by atoms with Crippen LogP contribution in [0.3, 0.4) is 0 Å². The number of allylic oxidation sites excluding steroid dienone is 2. The number of H-pyrrole nitrogens is 2. The molecular weight excluding hydrogens is 793 g/mol. The second kappa shape index (κ2) is 12.9. The van der Waals surface area contributed by atoms with Crippen molar-refractivity contribution in [3.8, 4) is 0 Å². The Kier molecular flexibility index (Phi) is 7.54. The van der Waals surface area contributed by atoms with Crippen molar-refractivity contribution < 1.29 is 28.8 Å². The number of carbonyl (C=O) groups is 6. The van der Waals surface area contributed by atoms with E-state index in [4.69, 9.17) is 0 Å². The summed E-state index contributed by atoms with van der Waals surface area (Å²) in [7, 11) is 0. The number of imide groups is 2. The number of hydrogen-bond acceptors (Lipinski definition) is 6. The molecule has 2 aliphatic carbocycles. The highest BCUT2D eigenvalue weighted by atomic mass is 16.2. The monoisotopic (exact) mass is 828 g/mol. The molecule has 10 aromatic rings. The maximum absolute atomic E-state index is 13.0. The van der Waals surface area contributed by atoms with Gasteiger partial charge in [0.1, 0.15) is 5.78 Å². The van der Waals surface area contributed by atoms with E-state index in [0.29, 0.717) is 41.5 Å². The molecule has 4 aliphatic rings. The van der Waals surface area contributed by atoms with E-state index in [-0.39, 0.29) is 54.7 Å². The molecule has 2 unspecified atom stereocenters. The van der Waals surface area contributed by atoms with Crippen LogP contribution in [0, 0.1) is 0 Å². The van der Waals surface area contributed by atoms with Crippen LogP contribution in [0.1, 0.15) is 86.6 Å². The topological polar surface area (TPSA) is 168 Å². The number of benzene rings is 6. The molecule has 0 radical (unpaired) electrons. The van der Waals surface area contributed by atoms with Crippen LogP contribution in [0.15, 0.2) is 109 Å². The molecule has 4 aromatic heterocycles. The molecule has 14 rings (SSSR count). The highest BCUT2D eigenvalue weighted by molar-refractivity contribution is 6.41. The van der Waals surface area contributed by atoms with Crippen molar-refractivity contribution in [2.24, 2.45) is 0 Å². The number of nitrogens with one attached hydrogen (secondary N) is 4. The van der Waals surface area contributed by atoms with Crippen LogP contribution < -0.4 is 10.6 Å². The number of fused-ring (bicyclic) bond motifs is 20. The molecular formula is C51H36N6O6. The fourth-order valence-electron chi connectivity index (χ4n) is 11.0. The van der Waals surface area contributed by atoms with Crippen LogP contribution >= 0.6 is 0 Å². The lowest BCUT2D eigenvalue weighted by Crippen LogP contribution is -2.20. The van der Waals surface area contributed by atoms with Gasteiger partial charge in [0.05, 0.1) is 50.4 Å². The van der Waals surface area contributed by atoms with Gasteiger partial charge in [-0.05, 0) is 36.8 Å². The van der Waals surface area contributed by atoms with Crippen molar-refractivity contribution in [1.29, 1.82) is 0 Å². The first-order valence-electron chi connectivity index (χ1n) is 20.7. The first kappa shape index (κ1) is 36.7. The molecule has 4 amide bonds. The number of aromatic nitrogens is 4. The number of hydrogen-bond donors (Lipinski definition) is 4. The van der Waals surface area contributed by atoms with Gasteiger partial charge in [-0.1, -0.05) is 86.3 Å². The van der Waals surface area contributed by atoms with Crippen LogP contribution in [0.2, 0.25) is 0 Å². The van der Waals surface area contributed by atoms with Crippen LogP contribution in [0.4, 0.5) is 0 Å². The average Bonchev–Trinajstić information content (AvgIpc) is 4.15. The summed E-state index contributed by atoms with van der Waals surface area (Å²) >= 11 is 0. The van der Waals surface area contributed by atoms with Crippen molar-refractivity contribution in [3.05, 3.63) is 131 Å². The molecule has 1 saturated carbocycles. The van der Waals surface area contributed by atoms with Gasteiger partial charge in [-0.25, -0.2) is 0 Å². The van der Waals surface area contributed by atoms with Gasteiger partial charge in [-0.2, -0.15) is 0 Å². The largest absolute Gasteiger partial charge is 0.353 e. The van der Waals surface area contributed by atoms with Crippen molar-refractivity contribution in [2.45, 2.75) is 45.2 Å². The minimum atomic E-state index is -0.377. The highest BCUT2D eigenvalue weighted by Crippen LogP contribution is 2.48. The summed E-state index contributed by atoms with van der Waals surface area (Å²) in [6, 6.07) is 31.3. The smallest absolute Gasteiger partial charge is 0.259 e. The normalized spacial score (nSPS) is 18.2. The molecule has 63 heavy (non-hydrogen) atoms. The van der Waals surface area contributed by atoms with E-state index in [1.165, 1.54) is 0 Å². The third-order valence-corrected chi connectivity index (χ3v) is 13.4. The number of rotatable bonds is 2. The molecule has 0 bridgehead atoms. The minimum absolute atomic E-state index is 0. The Balaban J connectivity index is 0.000000132. The van der Waals surface area contributed by atoms with Gasteiger partial charge in [-0.15, -0.1) is 0 Å². The van der Waals surface area contributed by atoms with Crippen LogP contribution in [0.5, 0.6) is 0 Å². The van der Waals surface area contributed by atoms with E-state index < -0.39 is 0 Å². The summed E-state index contributed by atoms with van der Waals surface area (Å²) in [5, 5.41) is 11.7. The third kappa shape index (κ3) is 4.80. The molecule has 0 saturated heterocycles. The quantitative estimate of drug-likeness (QED) is 0.127. The molecule has 4 N–H and O–H groups in total. The van der Waals surface area contributed by atoms with E-state index >= 15 is 0 Å². The van der Waals surface area contributed by atoms with Gasteiger partial charge >= 0.3 is 0 Å². The maximum Gasteiger partial charge on any atom is 0.259 e. The summed E-state index contributed by atoms with van der Waals surface area (Å²) in [5.41, 5.74) is 8.85. The van der Waals surface area contributed by atoms with E-state index in [1.54, 1.807) is 6.08 Å². The summed E-state index contributed by atoms with van der Waals surface area (Å²) in [4.78, 5) is 83.1. The second-order valence-electron chi connectivity index (χ2n) is 16.7. The average molecular weight is 829 g/mol. The van der Waals surface area contributed by atoms with E-state index in [1.807, 2.05) is 103 Å². The molecule has 0 spiro atoms. The maximum atomic E-state index is 13.0. The van der Waals surface area contributed by atoms with Crippen LogP contribution in [-0.4, -0.2) is 54.3 Å². The number of Topliss-reactive ketones (excluding diaryl/α,β-unsaturated/α-hetero) is 1. The Morgan fingerprint density at radius 2 is 0.937 bits per heavy atom. The van der Waals surface area contributed by atoms with E-state index in [0.717, 1.165) is 93.6 Å². The summed E-state index contributed by atoms with van der Waals surface area (Å²) in [6.07, 6.45) is 5.74. The lowest BCUT2D eigenvalue weighted by Gasteiger charge is -2.15. The molecule has 306 valence electrons. The van der Waals surface area contributed by atoms with Gasteiger partial charge in [0.25, 0.3) is 23.6 Å². The predicted octanol–water partition coefficient (Wildman–Crippen LogP) is 9.63. The number of para-hydroxylation sites is 4. The number of nitrogens with zero attached hydrogens (tertiary/aromatic N) is 2. The van der Waals surface area contributed by atoms with Crippen molar-refractivity contribution in [3.63, 3.8) is 0 Å². The lowest BCUT2D eigenvalue weighted by molar-refractivity contribution is -0.117. The standard InChI is InChI=1S/C25H17N3O3.C25H15N3O3.CH4/c2*29-13-10-9-12(11-13)28-17-8-4-2-6-15(17)19-21-20(24(30)27-25(21)31)18-14-5-1-3-7-16(14)26-22(18)23(19)28;/h1-8,12,26H,9-11H2,(H,27,30,31);1-10,12,26H,11H2,(H,27,30,31);1H4. The van der Waals surface area contributed by atoms with E-state index in [9.17, 15) is 28.8 Å². The zero-order valence-corrected chi connectivity index (χ0v) is 32.7. The fraction of sp³-hybridized carbons (Fsp3) is 0.137. The summed E-state index contributed by atoms with van der Waals surface area (Å²) in [5.74, 6) is -1.12. The van der Waals surface area contributed by atoms with Gasteiger partial charge < -0.3 is 19.1 Å². The fourth-order valence-corrected chi connectivity index (χ4v) is 11.0. The Bertz CT molecular complexity index is 3860. The Morgan fingerprint density at radius 3 is 1.41 bits per heavy atom. The summed E-state index contributed by atoms with van der Waals surface area (Å²) in [6.45, 7) is 0. The molecule has 2 atom stereocenters. The van der Waals surface area contributed by atoms with Gasteiger partial charge in [-0.3, -0.25) is 39.4 Å². The van der Waals surface area contributed by atoms with Gasteiger partial charge in [0.2, 0.25) is 0 Å². The van der Waals surface area contributed by atoms with Gasteiger partial charge in [0.15, 0.2) is 5.78 Å². The zero-order chi connectivity index (χ0) is 41.7. The van der Waals surface area contributed by atoms with Crippen LogP contribution in [0.25, 0.3) is 87.2 Å². The number of carbonyl (C=O) groups excluding carboxylic acids is 6. The highest BCUT2D eigenvalue weighted by Gasteiger charge is 2.39. The number of aromatic amines is 2. The SMILES string of the molecule is C.O=C1C=CC(n2c3ccccc3c3c4c(c5c6ccccc6[nH]c5c32)C(=O)NC4=O)C1.O=C1CCC(n2c3ccccc3c3c4c(c5c6ccccc6[nH]c5c32)C(=O)NC4=O)C1. The number of ketones is 2. The zero-order valence-electron chi connectivity index (χ0n) is 32.7. The molecule has 2 aliphatic heterocycles. The Hall–Kier alpha value is -8.12. The van der Waals surface area contributed by atoms with Crippen molar-refractivity contribution in [1.82, 2.24) is 29.7 Å². The first-order valence-corrected chi connectivity index (χ1v) is 20.7. The first-order chi connectivity index (χ1) is 30.3. The number of amides is 4. The molecule has 12 nitrogen and oxygen atoms in total. The van der Waals surface area contributed by atoms with Crippen molar-refractivity contribution in [2.75, 3.05) is 0 Å². The third-order valence-electron chi connectivity index (χ3n) is 13.4. The molecule has 6 aromatic carbocycles. The van der Waals surface area contributed by atoms with Gasteiger partial charge in [0, 0.05) is 90.5 Å². The molecule has 6 heterocycles. The predicted molar refractivity (Wildman–Crippen MR) is 244 cm³/mol. The molecule has 12 heteroatoms. The Labute approximate surface area is 356 Å². The minimum Gasteiger partial charge on any atom is -0.353 e. The second-order valence-corrected chi connectivity index (χ2v) is 16.7. The van der Waals surface area contributed by atoms with E-state index in [2.05, 4.69) is 29.7 Å². The van der Waals surface area contributed by atoms with Crippen LogP contribution in [-0.2, 0) is 9.59 Å². The Morgan fingerprint density at radius 1 is 0.492 bits per heavy atom.